The molecule has 28 valence electrons. The van der Waals surface area contributed by atoms with Gasteiger partial charge in [-0.1, -0.05) is 6.92 Å². The maximum atomic E-state index is 4.85. The minimum atomic E-state index is 0. The molecule has 4 heavy (non-hydrogen) atoms. The topological polar surface area (TPSA) is 26.0 Å². The molecule has 0 aromatic rings. The lowest BCUT2D eigenvalue weighted by molar-refractivity contribution is -0.000000854. The van der Waals surface area contributed by atoms with Gasteiger partial charge in [-0.05, 0) is 6.54 Å². The Kier molecular flexibility index (Phi) is 29.6. The van der Waals surface area contributed by atoms with Gasteiger partial charge in [-0.3, -0.25) is 0 Å². The molecule has 0 aromatic carbocycles. The third-order valence-corrected chi connectivity index (χ3v) is 0. The SMILES string of the molecule is CCN.[F-]. The van der Waals surface area contributed by atoms with Crippen molar-refractivity contribution in [2.75, 3.05) is 6.54 Å². The number of hydrogen-bond acceptors (Lipinski definition) is 1. The Hall–Kier alpha value is -0.110. The van der Waals surface area contributed by atoms with Crippen molar-refractivity contribution >= 4 is 0 Å². The van der Waals surface area contributed by atoms with Gasteiger partial charge in [0.2, 0.25) is 0 Å². The molecule has 0 radical (unpaired) electrons. The van der Waals surface area contributed by atoms with E-state index in [2.05, 4.69) is 0 Å². The first-order valence-corrected chi connectivity index (χ1v) is 1.12. The number of hydrogen-bond donors (Lipinski definition) is 1. The summed E-state index contributed by atoms with van der Waals surface area (Å²) in [6.45, 7) is 2.65. The lowest BCUT2D eigenvalue weighted by Crippen LogP contribution is -3.00. The Morgan fingerprint density at radius 2 is 1.75 bits per heavy atom. The highest BCUT2D eigenvalue weighted by Crippen LogP contribution is 1.20. The zero-order chi connectivity index (χ0) is 2.71. The zero-order valence-electron chi connectivity index (χ0n) is 2.66. The van der Waals surface area contributed by atoms with E-state index in [0.717, 1.165) is 6.54 Å². The minimum Gasteiger partial charge on any atom is -1.00 e. The van der Waals surface area contributed by atoms with Gasteiger partial charge < -0.3 is 10.4 Å². The predicted molar refractivity (Wildman–Crippen MR) is 14.7 cm³/mol. The van der Waals surface area contributed by atoms with Crippen LogP contribution >= 0.6 is 0 Å². The molecule has 0 aliphatic carbocycles. The maximum Gasteiger partial charge on any atom is -0.0106 e. The molecule has 0 aromatic heterocycles. The van der Waals surface area contributed by atoms with Crippen molar-refractivity contribution in [2.45, 2.75) is 6.92 Å². The van der Waals surface area contributed by atoms with E-state index in [9.17, 15) is 0 Å². The molecule has 0 atom stereocenters. The summed E-state index contributed by atoms with van der Waals surface area (Å²) in [6.07, 6.45) is 0. The highest BCUT2D eigenvalue weighted by atomic mass is 19.0. The Bertz CT molecular complexity index is 6.00. The Morgan fingerprint density at radius 1 is 1.75 bits per heavy atom. The van der Waals surface area contributed by atoms with Gasteiger partial charge >= 0.3 is 0 Å². The molecule has 0 aliphatic heterocycles. The van der Waals surface area contributed by atoms with Crippen LogP contribution in [-0.4, -0.2) is 6.54 Å². The molecule has 0 saturated carbocycles. The van der Waals surface area contributed by atoms with E-state index in [1.165, 1.54) is 0 Å². The van der Waals surface area contributed by atoms with Crippen molar-refractivity contribution in [2.24, 2.45) is 5.73 Å². The normalized spacial score (nSPS) is 4.50. The fourth-order valence-electron chi connectivity index (χ4n) is 0. The summed E-state index contributed by atoms with van der Waals surface area (Å²) in [4.78, 5) is 0. The van der Waals surface area contributed by atoms with Crippen molar-refractivity contribution in [3.05, 3.63) is 0 Å². The third kappa shape index (κ3) is 124. The van der Waals surface area contributed by atoms with Crippen molar-refractivity contribution in [1.29, 1.82) is 0 Å². The van der Waals surface area contributed by atoms with Crippen LogP contribution in [0.1, 0.15) is 6.92 Å². The van der Waals surface area contributed by atoms with Crippen LogP contribution in [0.3, 0.4) is 0 Å². The van der Waals surface area contributed by atoms with E-state index in [4.69, 9.17) is 5.73 Å². The molecule has 0 fully saturated rings. The third-order valence-electron chi connectivity index (χ3n) is 0. The van der Waals surface area contributed by atoms with E-state index in [-0.39, 0.29) is 4.70 Å². The first kappa shape index (κ1) is 9.10. The molecule has 0 amide bonds. The van der Waals surface area contributed by atoms with Crippen molar-refractivity contribution in [3.8, 4) is 0 Å². The van der Waals surface area contributed by atoms with Crippen molar-refractivity contribution < 1.29 is 4.70 Å². The Balaban J connectivity index is 0. The largest absolute Gasteiger partial charge is 1.00 e. The minimum absolute atomic E-state index is 0. The second kappa shape index (κ2) is 13.0. The molecule has 1 nitrogen and oxygen atoms in total. The monoisotopic (exact) mass is 64.1 g/mol. The quantitative estimate of drug-likeness (QED) is 0.318. The van der Waals surface area contributed by atoms with Crippen molar-refractivity contribution in [1.82, 2.24) is 0 Å². The van der Waals surface area contributed by atoms with Crippen LogP contribution in [0.4, 0.5) is 0 Å². The van der Waals surface area contributed by atoms with Gasteiger partial charge in [-0.15, -0.1) is 0 Å². The smallest absolute Gasteiger partial charge is 0.0106 e. The van der Waals surface area contributed by atoms with Crippen LogP contribution in [0.15, 0.2) is 0 Å². The van der Waals surface area contributed by atoms with Crippen LogP contribution in [0.25, 0.3) is 0 Å². The average Bonchev–Trinajstić information content (AvgIpc) is 0.918. The maximum absolute atomic E-state index is 4.85. The second-order valence-electron chi connectivity index (χ2n) is 0.408. The zero-order valence-corrected chi connectivity index (χ0v) is 2.66. The van der Waals surface area contributed by atoms with E-state index in [0.29, 0.717) is 0 Å². The van der Waals surface area contributed by atoms with Crippen LogP contribution in [0.2, 0.25) is 0 Å². The Morgan fingerprint density at radius 3 is 1.75 bits per heavy atom. The molecular weight excluding hydrogens is 57.0 g/mol. The van der Waals surface area contributed by atoms with Crippen LogP contribution in [0.5, 0.6) is 0 Å². The summed E-state index contributed by atoms with van der Waals surface area (Å²) in [7, 11) is 0. The standard InChI is InChI=1S/C2H7N.FH/c1-2-3;/h2-3H2,1H3;1H/p-1. The molecule has 0 spiro atoms. The summed E-state index contributed by atoms with van der Waals surface area (Å²) in [5.41, 5.74) is 4.85. The van der Waals surface area contributed by atoms with E-state index >= 15 is 0 Å². The molecule has 0 heterocycles. The first-order chi connectivity index (χ1) is 1.41. The average molecular weight is 64.1 g/mol. The molecule has 0 unspecified atom stereocenters. The van der Waals surface area contributed by atoms with Gasteiger partial charge in [-0.25, -0.2) is 0 Å². The van der Waals surface area contributed by atoms with Gasteiger partial charge in [0, 0.05) is 0 Å². The summed E-state index contributed by atoms with van der Waals surface area (Å²) >= 11 is 0. The van der Waals surface area contributed by atoms with Gasteiger partial charge in [0.05, 0.1) is 0 Å². The lowest BCUT2D eigenvalue weighted by atomic mass is 10.8. The molecule has 2 N–H and O–H groups in total. The van der Waals surface area contributed by atoms with E-state index in [1.54, 1.807) is 0 Å². The van der Waals surface area contributed by atoms with Gasteiger partial charge in [0.15, 0.2) is 0 Å². The van der Waals surface area contributed by atoms with E-state index in [1.807, 2.05) is 6.92 Å². The van der Waals surface area contributed by atoms with Crippen LogP contribution in [-0.2, 0) is 0 Å². The predicted octanol–water partition coefficient (Wildman–Crippen LogP) is -3.03. The molecule has 0 bridgehead atoms. The highest BCUT2D eigenvalue weighted by Gasteiger charge is 1.32. The van der Waals surface area contributed by atoms with Gasteiger partial charge in [0.25, 0.3) is 0 Å². The molecule has 0 saturated heterocycles. The summed E-state index contributed by atoms with van der Waals surface area (Å²) < 4.78 is 0. The van der Waals surface area contributed by atoms with Crippen molar-refractivity contribution in [3.63, 3.8) is 0 Å². The summed E-state index contributed by atoms with van der Waals surface area (Å²) in [5.74, 6) is 0. The van der Waals surface area contributed by atoms with Crippen LogP contribution in [0, 0.1) is 0 Å². The highest BCUT2D eigenvalue weighted by molar-refractivity contribution is 4.00. The molecular formula is C2H7FN-. The number of nitrogens with two attached hydrogens (primary N) is 1. The molecule has 0 aliphatic rings. The van der Waals surface area contributed by atoms with Gasteiger partial charge in [0.1, 0.15) is 0 Å². The summed E-state index contributed by atoms with van der Waals surface area (Å²) in [6, 6.07) is 0. The van der Waals surface area contributed by atoms with E-state index < -0.39 is 0 Å². The number of halogens is 1. The molecule has 2 heteroatoms. The summed E-state index contributed by atoms with van der Waals surface area (Å²) in [5, 5.41) is 0. The molecule has 0 rings (SSSR count). The second-order valence-corrected chi connectivity index (χ2v) is 0.408. The fourth-order valence-corrected chi connectivity index (χ4v) is 0. The lowest BCUT2D eigenvalue weighted by Gasteiger charge is -1.53. The number of rotatable bonds is 0. The first-order valence-electron chi connectivity index (χ1n) is 1.12. The van der Waals surface area contributed by atoms with Gasteiger partial charge in [-0.2, -0.15) is 0 Å². The van der Waals surface area contributed by atoms with Crippen LogP contribution < -0.4 is 10.4 Å². The fraction of sp³-hybridized carbons (Fsp3) is 1.00. The Labute approximate surface area is 25.2 Å².